The summed E-state index contributed by atoms with van der Waals surface area (Å²) in [5.41, 5.74) is 1.14. The number of amidine groups is 1. The summed E-state index contributed by atoms with van der Waals surface area (Å²) in [6.07, 6.45) is 0. The molecule has 0 atom stereocenters. The lowest BCUT2D eigenvalue weighted by Gasteiger charge is -2.07. The molecule has 76 valence electrons. The molecule has 0 saturated heterocycles. The van der Waals surface area contributed by atoms with Crippen LogP contribution in [-0.4, -0.2) is 18.9 Å². The van der Waals surface area contributed by atoms with Crippen LogP contribution < -0.4 is 5.32 Å². The van der Waals surface area contributed by atoms with Crippen molar-refractivity contribution in [2.24, 2.45) is 4.99 Å². The molecule has 1 rings (SSSR count). The predicted molar refractivity (Wildman–Crippen MR) is 64.9 cm³/mol. The first-order valence-electron chi connectivity index (χ1n) is 4.82. The molecule has 0 unspecified atom stereocenters. The van der Waals surface area contributed by atoms with E-state index in [2.05, 4.69) is 45.3 Å². The van der Waals surface area contributed by atoms with Gasteiger partial charge in [0.1, 0.15) is 5.84 Å². The standard InChI is InChI=1S/C11H15BrN2/c1-3-13-11(14-4-2)9-5-7-10(12)8-6-9/h5-8H,3-4H2,1-2H3,(H,13,14). The highest BCUT2D eigenvalue weighted by Gasteiger charge is 2.00. The normalized spacial score (nSPS) is 11.5. The summed E-state index contributed by atoms with van der Waals surface area (Å²) in [7, 11) is 0. The van der Waals surface area contributed by atoms with Gasteiger partial charge in [0, 0.05) is 23.1 Å². The van der Waals surface area contributed by atoms with E-state index in [0.29, 0.717) is 0 Å². The Kier molecular flexibility index (Phi) is 4.66. The van der Waals surface area contributed by atoms with Crippen LogP contribution in [0.4, 0.5) is 0 Å². The van der Waals surface area contributed by atoms with Gasteiger partial charge >= 0.3 is 0 Å². The van der Waals surface area contributed by atoms with Gasteiger partial charge in [0.25, 0.3) is 0 Å². The summed E-state index contributed by atoms with van der Waals surface area (Å²) in [5, 5.41) is 3.25. The third-order valence-electron chi connectivity index (χ3n) is 1.78. The van der Waals surface area contributed by atoms with E-state index in [9.17, 15) is 0 Å². The van der Waals surface area contributed by atoms with E-state index >= 15 is 0 Å². The van der Waals surface area contributed by atoms with Crippen LogP contribution in [0.5, 0.6) is 0 Å². The zero-order valence-corrected chi connectivity index (χ0v) is 10.1. The molecule has 2 nitrogen and oxygen atoms in total. The lowest BCUT2D eigenvalue weighted by Crippen LogP contribution is -2.24. The van der Waals surface area contributed by atoms with Crippen LogP contribution in [-0.2, 0) is 0 Å². The highest BCUT2D eigenvalue weighted by Crippen LogP contribution is 2.10. The minimum Gasteiger partial charge on any atom is -0.370 e. The molecule has 0 radical (unpaired) electrons. The number of hydrogen-bond acceptors (Lipinski definition) is 1. The maximum absolute atomic E-state index is 4.40. The van der Waals surface area contributed by atoms with Gasteiger partial charge in [-0.25, -0.2) is 0 Å². The first-order chi connectivity index (χ1) is 6.77. The van der Waals surface area contributed by atoms with Crippen LogP contribution in [0.25, 0.3) is 0 Å². The van der Waals surface area contributed by atoms with Gasteiger partial charge in [0.15, 0.2) is 0 Å². The van der Waals surface area contributed by atoms with Crippen LogP contribution in [0.15, 0.2) is 33.7 Å². The van der Waals surface area contributed by atoms with E-state index in [-0.39, 0.29) is 0 Å². The maximum Gasteiger partial charge on any atom is 0.128 e. The van der Waals surface area contributed by atoms with Gasteiger partial charge in [-0.3, -0.25) is 4.99 Å². The zero-order chi connectivity index (χ0) is 10.4. The Hall–Kier alpha value is -0.830. The smallest absolute Gasteiger partial charge is 0.128 e. The summed E-state index contributed by atoms with van der Waals surface area (Å²) < 4.78 is 1.09. The Morgan fingerprint density at radius 3 is 2.43 bits per heavy atom. The van der Waals surface area contributed by atoms with Gasteiger partial charge in [-0.2, -0.15) is 0 Å². The molecule has 0 aliphatic heterocycles. The number of benzene rings is 1. The van der Waals surface area contributed by atoms with Crippen molar-refractivity contribution in [3.8, 4) is 0 Å². The van der Waals surface area contributed by atoms with Crippen LogP contribution in [0, 0.1) is 0 Å². The fourth-order valence-corrected chi connectivity index (χ4v) is 1.45. The van der Waals surface area contributed by atoms with Gasteiger partial charge in [-0.05, 0) is 26.0 Å². The number of nitrogens with zero attached hydrogens (tertiary/aromatic N) is 1. The second-order valence-electron chi connectivity index (χ2n) is 2.86. The van der Waals surface area contributed by atoms with Crippen molar-refractivity contribution in [1.29, 1.82) is 0 Å². The minimum atomic E-state index is 0.804. The fourth-order valence-electron chi connectivity index (χ4n) is 1.18. The van der Waals surface area contributed by atoms with Crippen LogP contribution in [0.1, 0.15) is 19.4 Å². The summed E-state index contributed by atoms with van der Waals surface area (Å²) >= 11 is 3.41. The van der Waals surface area contributed by atoms with Crippen LogP contribution >= 0.6 is 15.9 Å². The van der Waals surface area contributed by atoms with Crippen molar-refractivity contribution in [2.75, 3.05) is 13.1 Å². The Bertz CT molecular complexity index is 304. The number of halogens is 1. The van der Waals surface area contributed by atoms with Crippen molar-refractivity contribution in [3.63, 3.8) is 0 Å². The molecule has 0 saturated carbocycles. The average molecular weight is 255 g/mol. The third kappa shape index (κ3) is 3.14. The molecule has 0 aliphatic rings. The van der Waals surface area contributed by atoms with Crippen LogP contribution in [0.3, 0.4) is 0 Å². The molecule has 1 aromatic rings. The highest BCUT2D eigenvalue weighted by atomic mass is 79.9. The number of rotatable bonds is 3. The molecule has 1 aromatic carbocycles. The molecule has 0 aliphatic carbocycles. The Morgan fingerprint density at radius 2 is 1.93 bits per heavy atom. The van der Waals surface area contributed by atoms with Gasteiger partial charge in [-0.15, -0.1) is 0 Å². The van der Waals surface area contributed by atoms with Crippen molar-refractivity contribution < 1.29 is 0 Å². The predicted octanol–water partition coefficient (Wildman–Crippen LogP) is 2.83. The molecule has 3 heteroatoms. The largest absolute Gasteiger partial charge is 0.370 e. The van der Waals surface area contributed by atoms with Crippen molar-refractivity contribution >= 4 is 21.8 Å². The molecule has 0 spiro atoms. The summed E-state index contributed by atoms with van der Waals surface area (Å²) in [6.45, 7) is 5.81. The molecule has 0 fully saturated rings. The van der Waals surface area contributed by atoms with E-state index in [0.717, 1.165) is 29.0 Å². The first-order valence-corrected chi connectivity index (χ1v) is 5.61. The molecule has 1 N–H and O–H groups in total. The maximum atomic E-state index is 4.40. The average Bonchev–Trinajstić information content (AvgIpc) is 2.19. The summed E-state index contributed by atoms with van der Waals surface area (Å²) in [6, 6.07) is 8.16. The SMILES string of the molecule is CCN=C(NCC)c1ccc(Br)cc1. The quantitative estimate of drug-likeness (QED) is 0.651. The molecule has 0 amide bonds. The van der Waals surface area contributed by atoms with Crippen molar-refractivity contribution in [1.82, 2.24) is 5.32 Å². The van der Waals surface area contributed by atoms with Crippen LogP contribution in [0.2, 0.25) is 0 Å². The molecule has 0 aromatic heterocycles. The van der Waals surface area contributed by atoms with Crippen molar-refractivity contribution in [3.05, 3.63) is 34.3 Å². The molecule has 0 heterocycles. The zero-order valence-electron chi connectivity index (χ0n) is 8.55. The van der Waals surface area contributed by atoms with E-state index in [1.807, 2.05) is 19.1 Å². The number of hydrogen-bond donors (Lipinski definition) is 1. The topological polar surface area (TPSA) is 24.4 Å². The third-order valence-corrected chi connectivity index (χ3v) is 2.31. The Balaban J connectivity index is 2.88. The lowest BCUT2D eigenvalue weighted by atomic mass is 10.2. The van der Waals surface area contributed by atoms with Gasteiger partial charge in [0.2, 0.25) is 0 Å². The number of nitrogens with one attached hydrogen (secondary N) is 1. The Morgan fingerprint density at radius 1 is 1.29 bits per heavy atom. The van der Waals surface area contributed by atoms with E-state index in [1.54, 1.807) is 0 Å². The first kappa shape index (κ1) is 11.2. The van der Waals surface area contributed by atoms with E-state index in [4.69, 9.17) is 0 Å². The van der Waals surface area contributed by atoms with E-state index in [1.165, 1.54) is 0 Å². The molecule has 14 heavy (non-hydrogen) atoms. The fraction of sp³-hybridized carbons (Fsp3) is 0.364. The molecular weight excluding hydrogens is 240 g/mol. The van der Waals surface area contributed by atoms with Gasteiger partial charge in [0.05, 0.1) is 0 Å². The molecule has 0 bridgehead atoms. The summed E-state index contributed by atoms with van der Waals surface area (Å²) in [5.74, 6) is 0.975. The highest BCUT2D eigenvalue weighted by molar-refractivity contribution is 9.10. The Labute approximate surface area is 93.6 Å². The van der Waals surface area contributed by atoms with Crippen molar-refractivity contribution in [2.45, 2.75) is 13.8 Å². The minimum absolute atomic E-state index is 0.804. The molecular formula is C11H15BrN2. The summed E-state index contributed by atoms with van der Waals surface area (Å²) in [4.78, 5) is 4.40. The monoisotopic (exact) mass is 254 g/mol. The second kappa shape index (κ2) is 5.81. The second-order valence-corrected chi connectivity index (χ2v) is 3.78. The lowest BCUT2D eigenvalue weighted by molar-refractivity contribution is 0.948. The number of aliphatic imine (C=N–C) groups is 1. The van der Waals surface area contributed by atoms with E-state index < -0.39 is 0 Å². The van der Waals surface area contributed by atoms with Gasteiger partial charge in [-0.1, -0.05) is 28.1 Å². The van der Waals surface area contributed by atoms with Gasteiger partial charge < -0.3 is 5.32 Å².